The van der Waals surface area contributed by atoms with Crippen molar-refractivity contribution in [1.82, 2.24) is 10.2 Å². The molecule has 1 aliphatic heterocycles. The minimum Gasteiger partial charge on any atom is -0.490 e. The van der Waals surface area contributed by atoms with Gasteiger partial charge in [0.1, 0.15) is 0 Å². The molecule has 0 spiro atoms. The Hall–Kier alpha value is -1.18. The van der Waals surface area contributed by atoms with Crippen LogP contribution in [0.25, 0.3) is 0 Å². The third-order valence-corrected chi connectivity index (χ3v) is 3.92. The van der Waals surface area contributed by atoms with Crippen LogP contribution in [0.4, 0.5) is 0 Å². The fraction of sp³-hybridized carbons (Fsp3) is 0.611. The molecule has 1 fully saturated rings. The van der Waals surface area contributed by atoms with Gasteiger partial charge in [-0.3, -0.25) is 4.99 Å². The van der Waals surface area contributed by atoms with Crippen LogP contribution in [0.1, 0.15) is 32.3 Å². The van der Waals surface area contributed by atoms with Gasteiger partial charge in [-0.05, 0) is 50.8 Å². The summed E-state index contributed by atoms with van der Waals surface area (Å²) in [7, 11) is 1.85. The Balaban J connectivity index is 0.00000288. The van der Waals surface area contributed by atoms with Crippen molar-refractivity contribution in [3.05, 3.63) is 23.8 Å². The van der Waals surface area contributed by atoms with Gasteiger partial charge in [0.25, 0.3) is 0 Å². The molecule has 1 aliphatic rings. The number of nitrogens with one attached hydrogen (secondary N) is 1. The Morgan fingerprint density at radius 2 is 1.79 bits per heavy atom. The lowest BCUT2D eigenvalue weighted by Gasteiger charge is -2.21. The highest BCUT2D eigenvalue weighted by Gasteiger charge is 2.15. The first-order valence-corrected chi connectivity index (χ1v) is 8.62. The van der Waals surface area contributed by atoms with Crippen LogP contribution in [-0.4, -0.2) is 50.8 Å². The van der Waals surface area contributed by atoms with Crippen LogP contribution in [-0.2, 0) is 6.42 Å². The number of guanidine groups is 1. The predicted octanol–water partition coefficient (Wildman–Crippen LogP) is 3.32. The SMILES string of the molecule is CCOc1ccc(CCNC(=NC)N2CCCC2)cc1OCC.I. The third-order valence-electron chi connectivity index (χ3n) is 3.92. The van der Waals surface area contributed by atoms with Crippen molar-refractivity contribution in [1.29, 1.82) is 0 Å². The zero-order chi connectivity index (χ0) is 16.5. The molecule has 5 nitrogen and oxygen atoms in total. The summed E-state index contributed by atoms with van der Waals surface area (Å²) >= 11 is 0. The number of likely N-dealkylation sites (tertiary alicyclic amines) is 1. The molecule has 0 bridgehead atoms. The van der Waals surface area contributed by atoms with Crippen molar-refractivity contribution in [3.63, 3.8) is 0 Å². The average Bonchev–Trinajstić information content (AvgIpc) is 3.08. The molecule has 6 heteroatoms. The molecular formula is C18H30IN3O2. The maximum Gasteiger partial charge on any atom is 0.193 e. The van der Waals surface area contributed by atoms with E-state index in [4.69, 9.17) is 9.47 Å². The Morgan fingerprint density at radius 3 is 2.42 bits per heavy atom. The summed E-state index contributed by atoms with van der Waals surface area (Å²) in [6.45, 7) is 8.34. The Bertz CT molecular complexity index is 517. The molecule has 2 rings (SSSR count). The number of nitrogens with zero attached hydrogens (tertiary/aromatic N) is 2. The van der Waals surface area contributed by atoms with Crippen LogP contribution in [0.5, 0.6) is 11.5 Å². The topological polar surface area (TPSA) is 46.1 Å². The molecule has 0 amide bonds. The highest BCUT2D eigenvalue weighted by atomic mass is 127. The summed E-state index contributed by atoms with van der Waals surface area (Å²) < 4.78 is 11.3. The highest BCUT2D eigenvalue weighted by molar-refractivity contribution is 14.0. The molecule has 0 aliphatic carbocycles. The van der Waals surface area contributed by atoms with Crippen LogP contribution in [0.3, 0.4) is 0 Å². The van der Waals surface area contributed by atoms with E-state index in [0.717, 1.165) is 43.5 Å². The van der Waals surface area contributed by atoms with E-state index >= 15 is 0 Å². The zero-order valence-corrected chi connectivity index (χ0v) is 17.3. The second kappa shape index (κ2) is 11.4. The van der Waals surface area contributed by atoms with Gasteiger partial charge in [-0.1, -0.05) is 6.07 Å². The molecule has 0 unspecified atom stereocenters. The number of ether oxygens (including phenoxy) is 2. The lowest BCUT2D eigenvalue weighted by molar-refractivity contribution is 0.287. The summed E-state index contributed by atoms with van der Waals surface area (Å²) in [6, 6.07) is 6.18. The van der Waals surface area contributed by atoms with E-state index < -0.39 is 0 Å². The van der Waals surface area contributed by atoms with Crippen LogP contribution in [0.15, 0.2) is 23.2 Å². The number of halogens is 1. The van der Waals surface area contributed by atoms with E-state index in [1.165, 1.54) is 18.4 Å². The Labute approximate surface area is 162 Å². The number of hydrogen-bond acceptors (Lipinski definition) is 3. The predicted molar refractivity (Wildman–Crippen MR) is 110 cm³/mol. The molecule has 0 radical (unpaired) electrons. The van der Waals surface area contributed by atoms with Gasteiger partial charge in [0.2, 0.25) is 0 Å². The van der Waals surface area contributed by atoms with Gasteiger partial charge < -0.3 is 19.7 Å². The van der Waals surface area contributed by atoms with E-state index in [0.29, 0.717) is 13.2 Å². The number of hydrogen-bond donors (Lipinski definition) is 1. The summed E-state index contributed by atoms with van der Waals surface area (Å²) in [5, 5.41) is 3.45. The van der Waals surface area contributed by atoms with Crippen molar-refractivity contribution in [3.8, 4) is 11.5 Å². The van der Waals surface area contributed by atoms with E-state index in [9.17, 15) is 0 Å². The Morgan fingerprint density at radius 1 is 1.12 bits per heavy atom. The average molecular weight is 447 g/mol. The number of aliphatic imine (C=N–C) groups is 1. The monoisotopic (exact) mass is 447 g/mol. The molecule has 136 valence electrons. The second-order valence-electron chi connectivity index (χ2n) is 5.57. The summed E-state index contributed by atoms with van der Waals surface area (Å²) in [5.74, 6) is 2.66. The van der Waals surface area contributed by atoms with Crippen molar-refractivity contribution >= 4 is 29.9 Å². The molecule has 0 saturated carbocycles. The van der Waals surface area contributed by atoms with Crippen molar-refractivity contribution in [2.75, 3.05) is 39.9 Å². The third kappa shape index (κ3) is 6.03. The number of rotatable bonds is 7. The van der Waals surface area contributed by atoms with Crippen LogP contribution < -0.4 is 14.8 Å². The lowest BCUT2D eigenvalue weighted by Crippen LogP contribution is -2.40. The van der Waals surface area contributed by atoms with Gasteiger partial charge in [-0.2, -0.15) is 0 Å². The number of benzene rings is 1. The zero-order valence-electron chi connectivity index (χ0n) is 15.0. The standard InChI is InChI=1S/C18H29N3O2.HI/c1-4-22-16-9-8-15(14-17(16)23-5-2)10-11-20-18(19-3)21-12-6-7-13-21;/h8-9,14H,4-7,10-13H2,1-3H3,(H,19,20);1H. The molecule has 0 aromatic heterocycles. The molecule has 0 atom stereocenters. The molecule has 1 aromatic carbocycles. The maximum atomic E-state index is 5.68. The fourth-order valence-electron chi connectivity index (χ4n) is 2.83. The van der Waals surface area contributed by atoms with Crippen molar-refractivity contribution in [2.24, 2.45) is 4.99 Å². The fourth-order valence-corrected chi connectivity index (χ4v) is 2.83. The van der Waals surface area contributed by atoms with Gasteiger partial charge in [0, 0.05) is 26.7 Å². The smallest absolute Gasteiger partial charge is 0.193 e. The first-order chi connectivity index (χ1) is 11.3. The van der Waals surface area contributed by atoms with Gasteiger partial charge >= 0.3 is 0 Å². The van der Waals surface area contributed by atoms with E-state index in [1.807, 2.05) is 27.0 Å². The quantitative estimate of drug-likeness (QED) is 0.396. The van der Waals surface area contributed by atoms with Gasteiger partial charge in [-0.15, -0.1) is 24.0 Å². The molecule has 1 N–H and O–H groups in total. The lowest BCUT2D eigenvalue weighted by atomic mass is 10.1. The Kier molecular flexibility index (Phi) is 9.90. The first kappa shape index (κ1) is 20.9. The largest absolute Gasteiger partial charge is 0.490 e. The maximum absolute atomic E-state index is 5.68. The van der Waals surface area contributed by atoms with Crippen LogP contribution in [0, 0.1) is 0 Å². The van der Waals surface area contributed by atoms with Gasteiger partial charge in [0.15, 0.2) is 17.5 Å². The van der Waals surface area contributed by atoms with Crippen molar-refractivity contribution < 1.29 is 9.47 Å². The summed E-state index contributed by atoms with van der Waals surface area (Å²) in [5.41, 5.74) is 1.24. The molecule has 24 heavy (non-hydrogen) atoms. The van der Waals surface area contributed by atoms with E-state index in [2.05, 4.69) is 27.3 Å². The first-order valence-electron chi connectivity index (χ1n) is 8.62. The van der Waals surface area contributed by atoms with Gasteiger partial charge in [-0.25, -0.2) is 0 Å². The van der Waals surface area contributed by atoms with E-state index in [1.54, 1.807) is 0 Å². The molecule has 1 aromatic rings. The minimum atomic E-state index is 0. The molecular weight excluding hydrogens is 417 g/mol. The van der Waals surface area contributed by atoms with Crippen LogP contribution >= 0.6 is 24.0 Å². The van der Waals surface area contributed by atoms with Crippen LogP contribution in [0.2, 0.25) is 0 Å². The molecule has 1 saturated heterocycles. The summed E-state index contributed by atoms with van der Waals surface area (Å²) in [6.07, 6.45) is 3.45. The highest BCUT2D eigenvalue weighted by Crippen LogP contribution is 2.28. The minimum absolute atomic E-state index is 0. The summed E-state index contributed by atoms with van der Waals surface area (Å²) in [4.78, 5) is 6.70. The van der Waals surface area contributed by atoms with Crippen molar-refractivity contribution in [2.45, 2.75) is 33.1 Å². The van der Waals surface area contributed by atoms with E-state index in [-0.39, 0.29) is 24.0 Å². The van der Waals surface area contributed by atoms with Gasteiger partial charge in [0.05, 0.1) is 13.2 Å². The molecule has 1 heterocycles. The normalized spacial score (nSPS) is 14.3. The second-order valence-corrected chi connectivity index (χ2v) is 5.57.